The molecule has 0 N–H and O–H groups in total. The molecular weight excluding hydrogens is 426 g/mol. The highest BCUT2D eigenvalue weighted by molar-refractivity contribution is 6.75. The van der Waals surface area contributed by atoms with Gasteiger partial charge in [0.1, 0.15) is 0 Å². The molecule has 0 aromatic carbocycles. The number of fused-ring (bicyclic) bond motifs is 2. The third kappa shape index (κ3) is 4.07. The Bertz CT molecular complexity index is 464. The number of hydrogen-bond acceptors (Lipinski definition) is 5. The van der Waals surface area contributed by atoms with Crippen molar-refractivity contribution in [3.63, 3.8) is 0 Å². The molecule has 2 aliphatic rings. The molecule has 0 saturated carbocycles. The van der Waals surface area contributed by atoms with E-state index in [9.17, 15) is 13.2 Å². The predicted octanol–water partition coefficient (Wildman–Crippen LogP) is -2.09. The monoisotopic (exact) mass is 452 g/mol. The van der Waals surface area contributed by atoms with E-state index in [1.165, 1.54) is 0 Å². The average Bonchev–Trinajstić information content (AvgIpc) is 2.44. The molecule has 2 saturated heterocycles. The third-order valence-corrected chi connectivity index (χ3v) is 22.3. The molecule has 0 amide bonds. The van der Waals surface area contributed by atoms with Crippen LogP contribution in [0.25, 0.3) is 0 Å². The maximum atomic E-state index is 12.9. The molecule has 4 unspecified atom stereocenters. The SMILES string of the molecule is C[SiH]1OC(C)([SiH3])C2([SiH3])O[Si](CCC(F)(F)F)(O1)O[SiH](C)OC2(C)[SiH3]. The van der Waals surface area contributed by atoms with Crippen molar-refractivity contribution in [1.29, 1.82) is 0 Å². The first-order valence-corrected chi connectivity index (χ1v) is 17.2. The minimum atomic E-state index is -4.27. The van der Waals surface area contributed by atoms with E-state index in [0.29, 0.717) is 30.7 Å². The van der Waals surface area contributed by atoms with Gasteiger partial charge in [0.05, 0.1) is 15.7 Å². The minimum Gasteiger partial charge on any atom is -0.396 e. The van der Waals surface area contributed by atoms with Gasteiger partial charge < -0.3 is 21.5 Å². The zero-order chi connectivity index (χ0) is 18.6. The molecule has 0 aromatic heterocycles. The lowest BCUT2D eigenvalue weighted by Crippen LogP contribution is -2.71. The molecule has 2 aliphatic heterocycles. The van der Waals surface area contributed by atoms with Crippen LogP contribution in [-0.4, -0.2) is 79.9 Å². The second kappa shape index (κ2) is 6.50. The molecule has 0 aliphatic carbocycles. The summed E-state index contributed by atoms with van der Waals surface area (Å²) in [7, 11) is -5.86. The first-order valence-electron chi connectivity index (χ1n) is 8.10. The fraction of sp³-hybridized carbons (Fsp3) is 1.00. The normalized spacial score (nSPS) is 50.6. The van der Waals surface area contributed by atoms with Crippen molar-refractivity contribution in [1.82, 2.24) is 0 Å². The molecule has 2 bridgehead atoms. The van der Waals surface area contributed by atoms with E-state index in [4.69, 9.17) is 21.5 Å². The summed E-state index contributed by atoms with van der Waals surface area (Å²) in [6.45, 7) is 7.68. The zero-order valence-electron chi connectivity index (χ0n) is 15.2. The molecule has 5 nitrogen and oxygen atoms in total. The van der Waals surface area contributed by atoms with Crippen molar-refractivity contribution in [2.45, 2.75) is 61.3 Å². The Balaban J connectivity index is 2.49. The van der Waals surface area contributed by atoms with Crippen LogP contribution in [0.5, 0.6) is 0 Å². The summed E-state index contributed by atoms with van der Waals surface area (Å²) in [6.07, 6.45) is -5.23. The van der Waals surface area contributed by atoms with Gasteiger partial charge in [-0.15, -0.1) is 0 Å². The van der Waals surface area contributed by atoms with Crippen LogP contribution in [0.1, 0.15) is 20.3 Å². The van der Waals surface area contributed by atoms with Crippen LogP contribution in [-0.2, 0) is 21.5 Å². The van der Waals surface area contributed by atoms with Crippen LogP contribution >= 0.6 is 0 Å². The standard InChI is InChI=1S/C10H27F3O5Si6/c1-7(19)10(21)8(2,20)15-23(4)18-24(16-10,17-22(3)14-7)6-5-9(11,12)13/h22-23H,5-6H2,1-4,19-21H3. The Hall–Kier alpha value is 0.891. The molecule has 14 heteroatoms. The van der Waals surface area contributed by atoms with Crippen LogP contribution in [0.2, 0.25) is 19.1 Å². The summed E-state index contributed by atoms with van der Waals surface area (Å²) >= 11 is 0. The summed E-state index contributed by atoms with van der Waals surface area (Å²) in [5, 5.41) is -1.82. The van der Waals surface area contributed by atoms with Crippen molar-refractivity contribution in [2.24, 2.45) is 0 Å². The van der Waals surface area contributed by atoms with Gasteiger partial charge in [0.2, 0.25) is 0 Å². The Morgan fingerprint density at radius 2 is 1.38 bits per heavy atom. The van der Waals surface area contributed by atoms with E-state index in [0.717, 1.165) is 0 Å². The van der Waals surface area contributed by atoms with E-state index in [2.05, 4.69) is 0 Å². The van der Waals surface area contributed by atoms with Crippen molar-refractivity contribution >= 4 is 58.1 Å². The van der Waals surface area contributed by atoms with E-state index in [-0.39, 0.29) is 6.04 Å². The van der Waals surface area contributed by atoms with Crippen molar-refractivity contribution in [3.05, 3.63) is 0 Å². The van der Waals surface area contributed by atoms with E-state index < -0.39 is 55.6 Å². The molecular formula is C10H27F3O5Si6. The lowest BCUT2D eigenvalue weighted by Gasteiger charge is -2.52. The number of rotatable bonds is 2. The van der Waals surface area contributed by atoms with Crippen molar-refractivity contribution in [2.75, 3.05) is 0 Å². The van der Waals surface area contributed by atoms with Gasteiger partial charge in [-0.05, 0) is 26.9 Å². The molecule has 0 radical (unpaired) electrons. The van der Waals surface area contributed by atoms with Gasteiger partial charge in [-0.25, -0.2) is 0 Å². The van der Waals surface area contributed by atoms with Crippen LogP contribution < -0.4 is 0 Å². The third-order valence-electron chi connectivity index (χ3n) is 4.98. The molecule has 2 heterocycles. The van der Waals surface area contributed by atoms with E-state index in [1.807, 2.05) is 26.9 Å². The van der Waals surface area contributed by atoms with Gasteiger partial charge in [-0.1, -0.05) is 0 Å². The van der Waals surface area contributed by atoms with Crippen molar-refractivity contribution < 1.29 is 34.7 Å². The highest BCUT2D eigenvalue weighted by Gasteiger charge is 2.65. The largest absolute Gasteiger partial charge is 0.483 e. The number of alkyl halides is 3. The first-order chi connectivity index (χ1) is 10.6. The summed E-state index contributed by atoms with van der Waals surface area (Å²) < 4.78 is 69.6. The van der Waals surface area contributed by atoms with Gasteiger partial charge in [-0.2, -0.15) is 13.2 Å². The summed E-state index contributed by atoms with van der Waals surface area (Å²) in [5.41, 5.74) is 0. The first kappa shape index (κ1) is 21.2. The fourth-order valence-corrected chi connectivity index (χ4v) is 19.8. The maximum absolute atomic E-state index is 12.9. The van der Waals surface area contributed by atoms with E-state index in [1.54, 1.807) is 0 Å². The molecule has 0 spiro atoms. The van der Waals surface area contributed by atoms with Gasteiger partial charge in [0.25, 0.3) is 0 Å². The highest BCUT2D eigenvalue weighted by Crippen LogP contribution is 2.45. The van der Waals surface area contributed by atoms with E-state index >= 15 is 0 Å². The lowest BCUT2D eigenvalue weighted by molar-refractivity contribution is -0.133. The highest BCUT2D eigenvalue weighted by atomic mass is 28.5. The van der Waals surface area contributed by atoms with Gasteiger partial charge >= 0.3 is 33.5 Å². The smallest absolute Gasteiger partial charge is 0.396 e. The minimum absolute atomic E-state index is 0.253. The lowest BCUT2D eigenvalue weighted by atomic mass is 10.1. The molecule has 0 aromatic rings. The summed E-state index contributed by atoms with van der Waals surface area (Å²) in [5.74, 6) is 0. The van der Waals surface area contributed by atoms with Crippen LogP contribution in [0.15, 0.2) is 0 Å². The quantitative estimate of drug-likeness (QED) is 0.450. The average molecular weight is 453 g/mol. The second-order valence-electron chi connectivity index (χ2n) is 7.56. The Labute approximate surface area is 154 Å². The second-order valence-corrected chi connectivity index (χ2v) is 19.5. The summed E-state index contributed by atoms with van der Waals surface area (Å²) in [6, 6.07) is -0.253. The zero-order valence-corrected chi connectivity index (χ0v) is 24.6. The number of hydrogen-bond donors (Lipinski definition) is 0. The molecule has 24 heavy (non-hydrogen) atoms. The van der Waals surface area contributed by atoms with Crippen LogP contribution in [0.4, 0.5) is 13.2 Å². The molecule has 2 fully saturated rings. The topological polar surface area (TPSA) is 46.2 Å². The Kier molecular flexibility index (Phi) is 5.74. The van der Waals surface area contributed by atoms with Gasteiger partial charge in [-0.3, -0.25) is 0 Å². The summed E-state index contributed by atoms with van der Waals surface area (Å²) in [4.78, 5) is 0. The van der Waals surface area contributed by atoms with Crippen molar-refractivity contribution in [3.8, 4) is 0 Å². The fourth-order valence-electron chi connectivity index (χ4n) is 3.43. The molecule has 4 atom stereocenters. The Morgan fingerprint density at radius 3 is 1.75 bits per heavy atom. The van der Waals surface area contributed by atoms with Crippen LogP contribution in [0.3, 0.4) is 0 Å². The van der Waals surface area contributed by atoms with Gasteiger partial charge in [0, 0.05) is 43.2 Å². The van der Waals surface area contributed by atoms with Gasteiger partial charge in [0.15, 0.2) is 0 Å². The predicted molar refractivity (Wildman–Crippen MR) is 102 cm³/mol. The maximum Gasteiger partial charge on any atom is 0.483 e. The molecule has 142 valence electrons. The van der Waals surface area contributed by atoms with Crippen LogP contribution in [0, 0.1) is 0 Å². The Morgan fingerprint density at radius 1 is 0.958 bits per heavy atom. The molecule has 2 rings (SSSR count). The number of halogens is 3.